The average Bonchev–Trinajstić information content (AvgIpc) is 2.56. The van der Waals surface area contributed by atoms with Crippen molar-refractivity contribution in [1.29, 1.82) is 0 Å². The summed E-state index contributed by atoms with van der Waals surface area (Å²) in [5, 5.41) is 3.53. The van der Waals surface area contributed by atoms with E-state index in [0.29, 0.717) is 5.69 Å². The standard InChI is InChI=1S/C17H20N2O4/c1-11(2)15(16(20)22-3)19-17(21)23-10-13-9-8-12-6-4-5-7-14(12)18-13/h4-9,11,15H,10H2,1-3H3,(H,19,21). The van der Waals surface area contributed by atoms with Crippen molar-refractivity contribution >= 4 is 23.0 Å². The van der Waals surface area contributed by atoms with Crippen molar-refractivity contribution in [3.63, 3.8) is 0 Å². The number of para-hydroxylation sites is 1. The summed E-state index contributed by atoms with van der Waals surface area (Å²) < 4.78 is 9.80. The van der Waals surface area contributed by atoms with Crippen LogP contribution >= 0.6 is 0 Å². The Hall–Kier alpha value is -2.63. The maximum atomic E-state index is 11.8. The molecule has 1 unspecified atom stereocenters. The first-order valence-electron chi connectivity index (χ1n) is 7.37. The first-order chi connectivity index (χ1) is 11.0. The zero-order valence-electron chi connectivity index (χ0n) is 13.4. The van der Waals surface area contributed by atoms with Crippen molar-refractivity contribution in [2.24, 2.45) is 5.92 Å². The third-order valence-corrected chi connectivity index (χ3v) is 3.40. The first kappa shape index (κ1) is 16.7. The molecule has 1 atom stereocenters. The van der Waals surface area contributed by atoms with Gasteiger partial charge in [-0.25, -0.2) is 14.6 Å². The van der Waals surface area contributed by atoms with Gasteiger partial charge in [0.1, 0.15) is 12.6 Å². The number of esters is 1. The number of aromatic nitrogens is 1. The Labute approximate surface area is 134 Å². The van der Waals surface area contributed by atoms with Crippen LogP contribution in [0.15, 0.2) is 36.4 Å². The molecule has 1 heterocycles. The summed E-state index contributed by atoms with van der Waals surface area (Å²) in [6.45, 7) is 3.65. The lowest BCUT2D eigenvalue weighted by Gasteiger charge is -2.19. The number of rotatable bonds is 5. The number of nitrogens with zero attached hydrogens (tertiary/aromatic N) is 1. The van der Waals surface area contributed by atoms with Crippen LogP contribution in [0.1, 0.15) is 19.5 Å². The maximum absolute atomic E-state index is 11.8. The second kappa shape index (κ2) is 7.58. The topological polar surface area (TPSA) is 77.5 Å². The number of amides is 1. The second-order valence-corrected chi connectivity index (χ2v) is 5.46. The van der Waals surface area contributed by atoms with E-state index in [1.54, 1.807) is 6.07 Å². The second-order valence-electron chi connectivity index (χ2n) is 5.46. The molecular weight excluding hydrogens is 296 g/mol. The molecule has 6 nitrogen and oxygen atoms in total. The lowest BCUT2D eigenvalue weighted by molar-refractivity contribution is -0.144. The smallest absolute Gasteiger partial charge is 0.408 e. The Morgan fingerprint density at radius 3 is 2.61 bits per heavy atom. The van der Waals surface area contributed by atoms with Crippen LogP contribution in [0.5, 0.6) is 0 Å². The molecule has 0 aliphatic heterocycles. The Balaban J connectivity index is 1.95. The van der Waals surface area contributed by atoms with Gasteiger partial charge in [0.15, 0.2) is 0 Å². The lowest BCUT2D eigenvalue weighted by Crippen LogP contribution is -2.45. The average molecular weight is 316 g/mol. The van der Waals surface area contributed by atoms with Crippen molar-refractivity contribution in [1.82, 2.24) is 10.3 Å². The van der Waals surface area contributed by atoms with Gasteiger partial charge in [0.2, 0.25) is 0 Å². The number of fused-ring (bicyclic) bond motifs is 1. The van der Waals surface area contributed by atoms with Crippen LogP contribution in [0.25, 0.3) is 10.9 Å². The summed E-state index contributed by atoms with van der Waals surface area (Å²) in [5.41, 5.74) is 1.47. The van der Waals surface area contributed by atoms with Crippen LogP contribution in [0, 0.1) is 5.92 Å². The van der Waals surface area contributed by atoms with Crippen molar-refractivity contribution < 1.29 is 19.1 Å². The third kappa shape index (κ3) is 4.42. The van der Waals surface area contributed by atoms with E-state index >= 15 is 0 Å². The number of hydrogen-bond acceptors (Lipinski definition) is 5. The van der Waals surface area contributed by atoms with Crippen LogP contribution in [-0.2, 0) is 20.9 Å². The van der Waals surface area contributed by atoms with E-state index in [2.05, 4.69) is 15.0 Å². The molecule has 2 rings (SSSR count). The van der Waals surface area contributed by atoms with Crippen LogP contribution in [0.4, 0.5) is 4.79 Å². The van der Waals surface area contributed by atoms with Gasteiger partial charge in [-0.1, -0.05) is 38.1 Å². The number of carbonyl (C=O) groups is 2. The monoisotopic (exact) mass is 316 g/mol. The van der Waals surface area contributed by atoms with Crippen molar-refractivity contribution in [3.8, 4) is 0 Å². The van der Waals surface area contributed by atoms with E-state index in [1.165, 1.54) is 7.11 Å². The molecule has 1 aromatic heterocycles. The number of ether oxygens (including phenoxy) is 2. The molecule has 0 spiro atoms. The molecule has 0 aliphatic rings. The van der Waals surface area contributed by atoms with Crippen LogP contribution in [0.3, 0.4) is 0 Å². The largest absolute Gasteiger partial charge is 0.467 e. The van der Waals surface area contributed by atoms with Gasteiger partial charge in [-0.2, -0.15) is 0 Å². The highest BCUT2D eigenvalue weighted by Gasteiger charge is 2.25. The van der Waals surface area contributed by atoms with Crippen molar-refractivity contribution in [3.05, 3.63) is 42.1 Å². The summed E-state index contributed by atoms with van der Waals surface area (Å²) in [4.78, 5) is 27.9. The Morgan fingerprint density at radius 2 is 1.91 bits per heavy atom. The highest BCUT2D eigenvalue weighted by atomic mass is 16.6. The lowest BCUT2D eigenvalue weighted by atomic mass is 10.1. The molecule has 1 aromatic carbocycles. The van der Waals surface area contributed by atoms with E-state index in [-0.39, 0.29) is 12.5 Å². The zero-order valence-corrected chi connectivity index (χ0v) is 13.4. The summed E-state index contributed by atoms with van der Waals surface area (Å²) in [6, 6.07) is 10.7. The minimum atomic E-state index is -0.739. The number of pyridine rings is 1. The normalized spacial score (nSPS) is 12.0. The molecule has 1 N–H and O–H groups in total. The van der Waals surface area contributed by atoms with E-state index in [4.69, 9.17) is 4.74 Å². The summed E-state index contributed by atoms with van der Waals surface area (Å²) in [5.74, 6) is -0.602. The van der Waals surface area contributed by atoms with Gasteiger partial charge in [0.25, 0.3) is 0 Å². The molecule has 23 heavy (non-hydrogen) atoms. The fourth-order valence-corrected chi connectivity index (χ4v) is 2.12. The molecule has 0 fully saturated rings. The van der Waals surface area contributed by atoms with Gasteiger partial charge in [-0.15, -0.1) is 0 Å². The fraction of sp³-hybridized carbons (Fsp3) is 0.353. The van der Waals surface area contributed by atoms with Gasteiger partial charge in [0.05, 0.1) is 18.3 Å². The molecule has 0 saturated heterocycles. The summed E-state index contributed by atoms with van der Waals surface area (Å²) in [6.07, 6.45) is -0.677. The third-order valence-electron chi connectivity index (χ3n) is 3.40. The number of methoxy groups -OCH3 is 1. The molecule has 1 amide bonds. The molecule has 122 valence electrons. The quantitative estimate of drug-likeness (QED) is 0.858. The number of hydrogen-bond donors (Lipinski definition) is 1. The van der Waals surface area contributed by atoms with Crippen molar-refractivity contribution in [2.45, 2.75) is 26.5 Å². The molecule has 0 radical (unpaired) electrons. The fourth-order valence-electron chi connectivity index (χ4n) is 2.12. The van der Waals surface area contributed by atoms with E-state index in [0.717, 1.165) is 10.9 Å². The maximum Gasteiger partial charge on any atom is 0.408 e. The van der Waals surface area contributed by atoms with Gasteiger partial charge >= 0.3 is 12.1 Å². The predicted molar refractivity (Wildman–Crippen MR) is 85.7 cm³/mol. The number of alkyl carbamates (subject to hydrolysis) is 1. The van der Waals surface area contributed by atoms with Gasteiger partial charge in [-0.3, -0.25) is 0 Å². The van der Waals surface area contributed by atoms with Crippen LogP contribution in [0.2, 0.25) is 0 Å². The Kier molecular flexibility index (Phi) is 5.51. The van der Waals surface area contributed by atoms with E-state index < -0.39 is 18.1 Å². The van der Waals surface area contributed by atoms with Gasteiger partial charge in [0, 0.05) is 5.39 Å². The highest BCUT2D eigenvalue weighted by Crippen LogP contribution is 2.12. The minimum absolute atomic E-state index is 0.0304. The number of nitrogens with one attached hydrogen (secondary N) is 1. The summed E-state index contributed by atoms with van der Waals surface area (Å²) >= 11 is 0. The van der Waals surface area contributed by atoms with E-state index in [9.17, 15) is 9.59 Å². The van der Waals surface area contributed by atoms with E-state index in [1.807, 2.05) is 44.2 Å². The molecule has 2 aromatic rings. The molecular formula is C17H20N2O4. The first-order valence-corrected chi connectivity index (χ1v) is 7.37. The number of carbonyl (C=O) groups excluding carboxylic acids is 2. The number of benzene rings is 1. The highest BCUT2D eigenvalue weighted by molar-refractivity contribution is 5.81. The van der Waals surface area contributed by atoms with Gasteiger partial charge < -0.3 is 14.8 Å². The SMILES string of the molecule is COC(=O)C(NC(=O)OCc1ccc2ccccc2n1)C(C)C. The van der Waals surface area contributed by atoms with Gasteiger partial charge in [-0.05, 0) is 18.1 Å². The Morgan fingerprint density at radius 1 is 1.17 bits per heavy atom. The van der Waals surface area contributed by atoms with Crippen molar-refractivity contribution in [2.75, 3.05) is 7.11 Å². The molecule has 0 saturated carbocycles. The molecule has 6 heteroatoms. The van der Waals surface area contributed by atoms with Crippen LogP contribution < -0.4 is 5.32 Å². The molecule has 0 aliphatic carbocycles. The minimum Gasteiger partial charge on any atom is -0.467 e. The predicted octanol–water partition coefficient (Wildman–Crippen LogP) is 2.66. The molecule has 0 bridgehead atoms. The zero-order chi connectivity index (χ0) is 16.8. The Bertz CT molecular complexity index is 700. The summed E-state index contributed by atoms with van der Waals surface area (Å²) in [7, 11) is 1.28. The van der Waals surface area contributed by atoms with Crippen LogP contribution in [-0.4, -0.2) is 30.2 Å².